The minimum Gasteiger partial charge on any atom is -0.452 e. The molecule has 0 aliphatic heterocycles. The van der Waals surface area contributed by atoms with E-state index in [0.29, 0.717) is 27.8 Å². The SMILES string of the molecule is O=C(COC(=O)c1cc(-c2ccccc2)nc2ccccc12)Nc1cccc2ccccc12. The van der Waals surface area contributed by atoms with Gasteiger partial charge in [-0.25, -0.2) is 9.78 Å². The van der Waals surface area contributed by atoms with E-state index in [2.05, 4.69) is 10.3 Å². The fourth-order valence-electron chi connectivity index (χ4n) is 3.83. The number of para-hydroxylation sites is 1. The van der Waals surface area contributed by atoms with Gasteiger partial charge in [0, 0.05) is 22.0 Å². The lowest BCUT2D eigenvalue weighted by Gasteiger charge is -2.11. The summed E-state index contributed by atoms with van der Waals surface area (Å²) in [7, 11) is 0. The van der Waals surface area contributed by atoms with Gasteiger partial charge in [-0.05, 0) is 23.6 Å². The van der Waals surface area contributed by atoms with Gasteiger partial charge in [0.05, 0.1) is 16.8 Å². The number of hydrogen-bond acceptors (Lipinski definition) is 4. The molecule has 0 unspecified atom stereocenters. The molecule has 5 rings (SSSR count). The van der Waals surface area contributed by atoms with Gasteiger partial charge in [0.2, 0.25) is 0 Å². The summed E-state index contributed by atoms with van der Waals surface area (Å²) in [5.41, 5.74) is 3.30. The zero-order valence-electron chi connectivity index (χ0n) is 17.7. The Labute approximate surface area is 190 Å². The van der Waals surface area contributed by atoms with Gasteiger partial charge >= 0.3 is 5.97 Å². The Morgan fingerprint density at radius 2 is 1.45 bits per heavy atom. The molecule has 1 heterocycles. The van der Waals surface area contributed by atoms with Crippen LogP contribution in [0.15, 0.2) is 103 Å². The molecule has 5 aromatic rings. The minimum absolute atomic E-state index is 0.373. The summed E-state index contributed by atoms with van der Waals surface area (Å²) in [6.07, 6.45) is 0. The molecule has 0 saturated carbocycles. The smallest absolute Gasteiger partial charge is 0.339 e. The fraction of sp³-hybridized carbons (Fsp3) is 0.0357. The number of nitrogens with zero attached hydrogens (tertiary/aromatic N) is 1. The highest BCUT2D eigenvalue weighted by molar-refractivity contribution is 6.06. The summed E-state index contributed by atoms with van der Waals surface area (Å²) in [5, 5.41) is 5.46. The number of benzene rings is 4. The van der Waals surface area contributed by atoms with E-state index in [4.69, 9.17) is 4.74 Å². The molecule has 5 nitrogen and oxygen atoms in total. The van der Waals surface area contributed by atoms with Crippen molar-refractivity contribution < 1.29 is 14.3 Å². The van der Waals surface area contributed by atoms with Gasteiger partial charge in [0.15, 0.2) is 6.61 Å². The van der Waals surface area contributed by atoms with E-state index >= 15 is 0 Å². The summed E-state index contributed by atoms with van der Waals surface area (Å²) in [6, 6.07) is 32.2. The Bertz CT molecular complexity index is 1470. The van der Waals surface area contributed by atoms with E-state index in [1.165, 1.54) is 0 Å². The molecule has 1 amide bonds. The first-order valence-corrected chi connectivity index (χ1v) is 10.6. The number of carbonyl (C=O) groups excluding carboxylic acids is 2. The van der Waals surface area contributed by atoms with Gasteiger partial charge in [0.1, 0.15) is 0 Å². The first-order valence-electron chi connectivity index (χ1n) is 10.6. The molecule has 0 bridgehead atoms. The van der Waals surface area contributed by atoms with E-state index in [9.17, 15) is 9.59 Å². The van der Waals surface area contributed by atoms with E-state index in [0.717, 1.165) is 16.3 Å². The first-order chi connectivity index (χ1) is 16.2. The van der Waals surface area contributed by atoms with Crippen LogP contribution in [0.3, 0.4) is 0 Å². The lowest BCUT2D eigenvalue weighted by atomic mass is 10.0. The Kier molecular flexibility index (Phi) is 5.52. The Hall–Kier alpha value is -4.51. The zero-order chi connectivity index (χ0) is 22.6. The zero-order valence-corrected chi connectivity index (χ0v) is 17.7. The van der Waals surface area contributed by atoms with Crippen LogP contribution in [0.4, 0.5) is 5.69 Å². The number of ether oxygens (including phenoxy) is 1. The average Bonchev–Trinajstić information content (AvgIpc) is 2.87. The molecule has 0 spiro atoms. The quantitative estimate of drug-likeness (QED) is 0.354. The van der Waals surface area contributed by atoms with Gasteiger partial charge < -0.3 is 10.1 Å². The van der Waals surface area contributed by atoms with Crippen LogP contribution in [0.2, 0.25) is 0 Å². The number of amides is 1. The second kappa shape index (κ2) is 8.93. The molecule has 1 N–H and O–H groups in total. The van der Waals surface area contributed by atoms with E-state index < -0.39 is 11.9 Å². The van der Waals surface area contributed by atoms with Gasteiger partial charge in [-0.3, -0.25) is 4.79 Å². The van der Waals surface area contributed by atoms with Crippen molar-refractivity contribution in [1.82, 2.24) is 4.98 Å². The summed E-state index contributed by atoms with van der Waals surface area (Å²) < 4.78 is 5.39. The van der Waals surface area contributed by atoms with Crippen molar-refractivity contribution in [3.05, 3.63) is 109 Å². The van der Waals surface area contributed by atoms with Crippen molar-refractivity contribution in [2.24, 2.45) is 0 Å². The standard InChI is InChI=1S/C28H20N2O3/c31-27(30-24-16-8-12-19-9-4-5-13-21(19)24)18-33-28(32)23-17-26(20-10-2-1-3-11-20)29-25-15-7-6-14-22(23)25/h1-17H,18H2,(H,30,31). The molecular weight excluding hydrogens is 412 g/mol. The second-order valence-electron chi connectivity index (χ2n) is 7.59. The van der Waals surface area contributed by atoms with Crippen molar-refractivity contribution in [2.75, 3.05) is 11.9 Å². The molecule has 0 radical (unpaired) electrons. The van der Waals surface area contributed by atoms with Crippen LogP contribution in [0.25, 0.3) is 32.9 Å². The minimum atomic E-state index is -0.571. The number of carbonyl (C=O) groups is 2. The second-order valence-corrected chi connectivity index (χ2v) is 7.59. The van der Waals surface area contributed by atoms with Gasteiger partial charge in [0.25, 0.3) is 5.91 Å². The predicted molar refractivity (Wildman–Crippen MR) is 130 cm³/mol. The number of hydrogen-bond donors (Lipinski definition) is 1. The Morgan fingerprint density at radius 3 is 2.30 bits per heavy atom. The third-order valence-corrected chi connectivity index (χ3v) is 5.40. The fourth-order valence-corrected chi connectivity index (χ4v) is 3.83. The van der Waals surface area contributed by atoms with Crippen LogP contribution >= 0.6 is 0 Å². The van der Waals surface area contributed by atoms with E-state index in [-0.39, 0.29) is 6.61 Å². The molecular formula is C28H20N2O3. The summed E-state index contributed by atoms with van der Waals surface area (Å²) in [4.78, 5) is 30.2. The third kappa shape index (κ3) is 4.29. The molecule has 0 atom stereocenters. The number of rotatable bonds is 5. The number of anilines is 1. The number of esters is 1. The van der Waals surface area contributed by atoms with E-state index in [1.54, 1.807) is 6.07 Å². The predicted octanol–water partition coefficient (Wildman–Crippen LogP) is 5.85. The summed E-state index contributed by atoms with van der Waals surface area (Å²) >= 11 is 0. The van der Waals surface area contributed by atoms with Crippen LogP contribution in [-0.2, 0) is 9.53 Å². The summed E-state index contributed by atoms with van der Waals surface area (Å²) in [5.74, 6) is -0.972. The van der Waals surface area contributed by atoms with Crippen LogP contribution in [0, 0.1) is 0 Å². The average molecular weight is 432 g/mol. The molecule has 5 heteroatoms. The molecule has 33 heavy (non-hydrogen) atoms. The van der Waals surface area contributed by atoms with Crippen LogP contribution in [0.1, 0.15) is 10.4 Å². The van der Waals surface area contributed by atoms with Crippen molar-refractivity contribution in [1.29, 1.82) is 0 Å². The number of pyridine rings is 1. The Balaban J connectivity index is 1.37. The first kappa shape index (κ1) is 20.4. The molecule has 0 aliphatic carbocycles. The lowest BCUT2D eigenvalue weighted by Crippen LogP contribution is -2.21. The molecule has 0 aliphatic rings. The third-order valence-electron chi connectivity index (χ3n) is 5.40. The molecule has 1 aromatic heterocycles. The highest BCUT2D eigenvalue weighted by atomic mass is 16.5. The summed E-state index contributed by atoms with van der Waals surface area (Å²) in [6.45, 7) is -0.390. The van der Waals surface area contributed by atoms with Crippen molar-refractivity contribution in [2.45, 2.75) is 0 Å². The molecule has 0 saturated heterocycles. The van der Waals surface area contributed by atoms with Crippen LogP contribution in [-0.4, -0.2) is 23.5 Å². The maximum atomic E-state index is 13.0. The van der Waals surface area contributed by atoms with Gasteiger partial charge in [-0.15, -0.1) is 0 Å². The highest BCUT2D eigenvalue weighted by Gasteiger charge is 2.17. The van der Waals surface area contributed by atoms with Crippen molar-refractivity contribution in [3.63, 3.8) is 0 Å². The topological polar surface area (TPSA) is 68.3 Å². The number of fused-ring (bicyclic) bond motifs is 2. The van der Waals surface area contributed by atoms with Crippen molar-refractivity contribution in [3.8, 4) is 11.3 Å². The monoisotopic (exact) mass is 432 g/mol. The maximum Gasteiger partial charge on any atom is 0.339 e. The Morgan fingerprint density at radius 1 is 0.758 bits per heavy atom. The maximum absolute atomic E-state index is 13.0. The highest BCUT2D eigenvalue weighted by Crippen LogP contribution is 2.26. The lowest BCUT2D eigenvalue weighted by molar-refractivity contribution is -0.119. The number of aromatic nitrogens is 1. The van der Waals surface area contributed by atoms with Gasteiger partial charge in [-0.2, -0.15) is 0 Å². The molecule has 160 valence electrons. The van der Waals surface area contributed by atoms with Crippen molar-refractivity contribution >= 4 is 39.2 Å². The van der Waals surface area contributed by atoms with E-state index in [1.807, 2.05) is 97.1 Å². The largest absolute Gasteiger partial charge is 0.452 e. The molecule has 0 fully saturated rings. The molecule has 4 aromatic carbocycles. The normalized spacial score (nSPS) is 10.8. The van der Waals surface area contributed by atoms with Gasteiger partial charge in [-0.1, -0.05) is 84.9 Å². The number of nitrogens with one attached hydrogen (secondary N) is 1. The van der Waals surface area contributed by atoms with Crippen LogP contribution in [0.5, 0.6) is 0 Å². The van der Waals surface area contributed by atoms with Crippen LogP contribution < -0.4 is 5.32 Å².